The van der Waals surface area contributed by atoms with Crippen LogP contribution in [0.1, 0.15) is 24.8 Å². The molecule has 1 heterocycles. The van der Waals surface area contributed by atoms with E-state index in [0.29, 0.717) is 5.92 Å². The predicted molar refractivity (Wildman–Crippen MR) is 71.9 cm³/mol. The summed E-state index contributed by atoms with van der Waals surface area (Å²) in [5, 5.41) is 1.24. The van der Waals surface area contributed by atoms with Gasteiger partial charge in [-0.2, -0.15) is 0 Å². The lowest BCUT2D eigenvalue weighted by molar-refractivity contribution is 0.578. The molecule has 0 bridgehead atoms. The molecule has 0 N–H and O–H groups in total. The van der Waals surface area contributed by atoms with Crippen LogP contribution in [0.5, 0.6) is 0 Å². The first-order valence-corrected chi connectivity index (χ1v) is 6.62. The summed E-state index contributed by atoms with van der Waals surface area (Å²) in [6.07, 6.45) is 5.52. The molecule has 1 aromatic heterocycles. The molecule has 0 saturated heterocycles. The summed E-state index contributed by atoms with van der Waals surface area (Å²) in [6.45, 7) is 6.12. The third-order valence-electron chi connectivity index (χ3n) is 2.77. The second kappa shape index (κ2) is 5.26. The topological polar surface area (TPSA) is 12.9 Å². The SMILES string of the molecule is C=C[C@H](CCC)Cc1nc2ccccc2s1. The van der Waals surface area contributed by atoms with Crippen molar-refractivity contribution in [2.45, 2.75) is 26.2 Å². The number of fused-ring (bicyclic) bond motifs is 1. The standard InChI is InChI=1S/C14H17NS/c1-3-7-11(4-2)10-14-15-12-8-5-6-9-13(12)16-14/h4-6,8-9,11H,2-3,7,10H2,1H3/t11-/m1/s1. The van der Waals surface area contributed by atoms with Crippen molar-refractivity contribution >= 4 is 21.6 Å². The number of benzene rings is 1. The summed E-state index contributed by atoms with van der Waals surface area (Å²) in [5.74, 6) is 0.575. The monoisotopic (exact) mass is 231 g/mol. The highest BCUT2D eigenvalue weighted by atomic mass is 32.1. The summed E-state index contributed by atoms with van der Waals surface area (Å²) in [5.41, 5.74) is 1.13. The Hall–Kier alpha value is -1.15. The molecule has 0 aliphatic carbocycles. The van der Waals surface area contributed by atoms with E-state index < -0.39 is 0 Å². The van der Waals surface area contributed by atoms with E-state index in [0.717, 1.165) is 11.9 Å². The molecular formula is C14H17NS. The molecule has 84 valence electrons. The van der Waals surface area contributed by atoms with Crippen molar-refractivity contribution in [1.29, 1.82) is 0 Å². The second-order valence-electron chi connectivity index (χ2n) is 4.06. The van der Waals surface area contributed by atoms with Crippen LogP contribution in [0.4, 0.5) is 0 Å². The average molecular weight is 231 g/mol. The van der Waals surface area contributed by atoms with Crippen molar-refractivity contribution in [2.75, 3.05) is 0 Å². The van der Waals surface area contributed by atoms with Crippen LogP contribution in [0, 0.1) is 5.92 Å². The summed E-state index contributed by atoms with van der Waals surface area (Å²) in [7, 11) is 0. The molecule has 2 rings (SSSR count). The fraction of sp³-hybridized carbons (Fsp3) is 0.357. The molecule has 0 radical (unpaired) electrons. The van der Waals surface area contributed by atoms with Crippen molar-refractivity contribution in [3.05, 3.63) is 41.9 Å². The van der Waals surface area contributed by atoms with Crippen LogP contribution in [0.25, 0.3) is 10.2 Å². The van der Waals surface area contributed by atoms with Gasteiger partial charge in [-0.15, -0.1) is 17.9 Å². The van der Waals surface area contributed by atoms with Gasteiger partial charge in [0.25, 0.3) is 0 Å². The number of hydrogen-bond donors (Lipinski definition) is 0. The highest BCUT2D eigenvalue weighted by Crippen LogP contribution is 2.25. The van der Waals surface area contributed by atoms with Crippen molar-refractivity contribution in [3.63, 3.8) is 0 Å². The molecule has 0 saturated carbocycles. The first-order valence-electron chi connectivity index (χ1n) is 5.80. The Balaban J connectivity index is 2.17. The molecule has 0 aliphatic heterocycles. The molecule has 2 heteroatoms. The number of rotatable bonds is 5. The van der Waals surface area contributed by atoms with E-state index in [-0.39, 0.29) is 0 Å². The Morgan fingerprint density at radius 2 is 2.25 bits per heavy atom. The fourth-order valence-electron chi connectivity index (χ4n) is 1.91. The van der Waals surface area contributed by atoms with Crippen molar-refractivity contribution in [1.82, 2.24) is 4.98 Å². The number of para-hydroxylation sites is 1. The molecule has 0 fully saturated rings. The van der Waals surface area contributed by atoms with Gasteiger partial charge in [-0.25, -0.2) is 4.98 Å². The highest BCUT2D eigenvalue weighted by molar-refractivity contribution is 7.18. The predicted octanol–water partition coefficient (Wildman–Crippen LogP) is 4.44. The Labute approximate surface area is 101 Å². The van der Waals surface area contributed by atoms with Crippen LogP contribution in [0.2, 0.25) is 0 Å². The minimum absolute atomic E-state index is 0.575. The van der Waals surface area contributed by atoms with Crippen LogP contribution in [-0.2, 0) is 6.42 Å². The summed E-state index contributed by atoms with van der Waals surface area (Å²) < 4.78 is 1.29. The first kappa shape index (κ1) is 11.3. The van der Waals surface area contributed by atoms with Gasteiger partial charge in [-0.05, 0) is 24.5 Å². The largest absolute Gasteiger partial charge is 0.241 e. The van der Waals surface area contributed by atoms with E-state index in [1.54, 1.807) is 0 Å². The highest BCUT2D eigenvalue weighted by Gasteiger charge is 2.08. The van der Waals surface area contributed by atoms with E-state index in [1.165, 1.54) is 22.5 Å². The van der Waals surface area contributed by atoms with Gasteiger partial charge in [-0.1, -0.05) is 31.6 Å². The average Bonchev–Trinajstić information content (AvgIpc) is 2.70. The smallest absolute Gasteiger partial charge is 0.0944 e. The molecule has 1 atom stereocenters. The van der Waals surface area contributed by atoms with Gasteiger partial charge in [-0.3, -0.25) is 0 Å². The van der Waals surface area contributed by atoms with Crippen molar-refractivity contribution < 1.29 is 0 Å². The second-order valence-corrected chi connectivity index (χ2v) is 5.18. The molecule has 0 unspecified atom stereocenters. The van der Waals surface area contributed by atoms with E-state index in [4.69, 9.17) is 0 Å². The number of nitrogens with zero attached hydrogens (tertiary/aromatic N) is 1. The summed E-state index contributed by atoms with van der Waals surface area (Å²) in [4.78, 5) is 4.65. The Morgan fingerprint density at radius 1 is 1.44 bits per heavy atom. The first-order chi connectivity index (χ1) is 7.83. The zero-order valence-electron chi connectivity index (χ0n) is 9.65. The van der Waals surface area contributed by atoms with Gasteiger partial charge in [0.2, 0.25) is 0 Å². The normalized spacial score (nSPS) is 12.8. The third-order valence-corrected chi connectivity index (χ3v) is 3.83. The molecule has 0 amide bonds. The van der Waals surface area contributed by atoms with Crippen LogP contribution in [0.15, 0.2) is 36.9 Å². The minimum Gasteiger partial charge on any atom is -0.241 e. The number of allylic oxidation sites excluding steroid dienone is 1. The molecule has 2 aromatic rings. The molecular weight excluding hydrogens is 214 g/mol. The maximum atomic E-state index is 4.65. The van der Waals surface area contributed by atoms with Gasteiger partial charge in [0.15, 0.2) is 0 Å². The van der Waals surface area contributed by atoms with Crippen molar-refractivity contribution in [2.24, 2.45) is 5.92 Å². The number of thiazole rings is 1. The summed E-state index contributed by atoms with van der Waals surface area (Å²) in [6, 6.07) is 8.33. The zero-order valence-corrected chi connectivity index (χ0v) is 10.5. The van der Waals surface area contributed by atoms with E-state index in [9.17, 15) is 0 Å². The number of aromatic nitrogens is 1. The zero-order chi connectivity index (χ0) is 11.4. The quantitative estimate of drug-likeness (QED) is 0.693. The third kappa shape index (κ3) is 2.50. The van der Waals surface area contributed by atoms with Crippen LogP contribution in [-0.4, -0.2) is 4.98 Å². The van der Waals surface area contributed by atoms with Crippen LogP contribution in [0.3, 0.4) is 0 Å². The van der Waals surface area contributed by atoms with Gasteiger partial charge in [0.05, 0.1) is 15.2 Å². The lowest BCUT2D eigenvalue weighted by atomic mass is 10.0. The Morgan fingerprint density at radius 3 is 2.94 bits per heavy atom. The maximum absolute atomic E-state index is 4.65. The van der Waals surface area contributed by atoms with Crippen LogP contribution < -0.4 is 0 Å². The van der Waals surface area contributed by atoms with Crippen molar-refractivity contribution in [3.8, 4) is 0 Å². The molecule has 16 heavy (non-hydrogen) atoms. The molecule has 1 aromatic carbocycles. The van der Waals surface area contributed by atoms with E-state index in [1.807, 2.05) is 17.4 Å². The van der Waals surface area contributed by atoms with Gasteiger partial charge in [0, 0.05) is 6.42 Å². The minimum atomic E-state index is 0.575. The van der Waals surface area contributed by atoms with Gasteiger partial charge >= 0.3 is 0 Å². The summed E-state index contributed by atoms with van der Waals surface area (Å²) >= 11 is 1.81. The Bertz CT molecular complexity index is 439. The lowest BCUT2D eigenvalue weighted by Gasteiger charge is -2.07. The molecule has 1 nitrogen and oxygen atoms in total. The van der Waals surface area contributed by atoms with E-state index in [2.05, 4.69) is 42.8 Å². The fourth-order valence-corrected chi connectivity index (χ4v) is 2.97. The number of hydrogen-bond acceptors (Lipinski definition) is 2. The van der Waals surface area contributed by atoms with Gasteiger partial charge in [0.1, 0.15) is 0 Å². The van der Waals surface area contributed by atoms with Gasteiger partial charge < -0.3 is 0 Å². The Kier molecular flexibility index (Phi) is 3.73. The van der Waals surface area contributed by atoms with Crippen LogP contribution >= 0.6 is 11.3 Å². The molecule has 0 spiro atoms. The molecule has 0 aliphatic rings. The van der Waals surface area contributed by atoms with E-state index >= 15 is 0 Å². The lowest BCUT2D eigenvalue weighted by Crippen LogP contribution is -1.99. The maximum Gasteiger partial charge on any atom is 0.0944 e.